The van der Waals surface area contributed by atoms with Gasteiger partial charge >= 0.3 is 0 Å². The van der Waals surface area contributed by atoms with Crippen LogP contribution in [0.15, 0.2) is 45.7 Å². The molecule has 2 fully saturated rings. The maximum Gasteiger partial charge on any atom is 0.257 e. The first-order chi connectivity index (χ1) is 23.8. The number of piperidine rings is 2. The van der Waals surface area contributed by atoms with Crippen LogP contribution in [0.4, 0.5) is 14.5 Å². The lowest BCUT2D eigenvalue weighted by atomic mass is 9.87. The number of aromatic nitrogens is 3. The van der Waals surface area contributed by atoms with Crippen LogP contribution in [-0.4, -0.2) is 63.2 Å². The van der Waals surface area contributed by atoms with Crippen molar-refractivity contribution in [3.8, 4) is 0 Å². The van der Waals surface area contributed by atoms with Gasteiger partial charge in [-0.05, 0) is 95.2 Å². The van der Waals surface area contributed by atoms with Gasteiger partial charge in [-0.1, -0.05) is 5.16 Å². The molecule has 2 aromatic heterocycles. The second kappa shape index (κ2) is 12.7. The van der Waals surface area contributed by atoms with Crippen LogP contribution in [0.5, 0.6) is 0 Å². The topological polar surface area (TPSA) is 105 Å². The van der Waals surface area contributed by atoms with E-state index in [0.717, 1.165) is 11.1 Å². The molecule has 0 spiro atoms. The Labute approximate surface area is 271 Å². The van der Waals surface area contributed by atoms with Gasteiger partial charge in [0.2, 0.25) is 0 Å². The van der Waals surface area contributed by atoms with E-state index in [9.17, 15) is 23.5 Å². The van der Waals surface area contributed by atoms with Crippen LogP contribution >= 0.6 is 0 Å². The van der Waals surface area contributed by atoms with E-state index in [4.69, 9.17) is 10.0 Å². The first-order valence-corrected chi connectivity index (χ1v) is 16.0. The molecule has 0 radical (unpaired) electrons. The highest BCUT2D eigenvalue weighted by Gasteiger charge is 2.31. The van der Waals surface area contributed by atoms with Crippen molar-refractivity contribution < 1.29 is 28.7 Å². The largest absolute Gasteiger partial charge is 0.385 e. The zero-order valence-corrected chi connectivity index (χ0v) is 25.6. The Morgan fingerprint density at radius 3 is 2.54 bits per heavy atom. The van der Waals surface area contributed by atoms with E-state index in [1.54, 1.807) is 6.07 Å². The fourth-order valence-corrected chi connectivity index (χ4v) is 7.07. The monoisotopic (exact) mass is 635 g/mol. The van der Waals surface area contributed by atoms with Gasteiger partial charge in [-0.3, -0.25) is 14.2 Å². The zero-order chi connectivity index (χ0) is 35.5. The Kier molecular flexibility index (Phi) is 7.21. The minimum atomic E-state index is -2.74. The number of anilines is 1. The van der Waals surface area contributed by atoms with Crippen LogP contribution in [0.3, 0.4) is 0 Å². The predicted molar refractivity (Wildman–Crippen MR) is 169 cm³/mol. The van der Waals surface area contributed by atoms with Gasteiger partial charge in [-0.25, -0.2) is 13.8 Å². The summed E-state index contributed by atoms with van der Waals surface area (Å²) in [5, 5.41) is 15.3. The standard InChI is InChI=1S/C35H39F2N5O4/c1-21-26(35(45)42-13-2-3-30(43)34(42)38-21)12-16-40-14-8-23(9-15-40)33(44)27-6-4-24(36)19-29(27)41-17-10-22(11-18-41)32-28-7-5-25(37)20-31(28)46-39-32/h4-7,19-20,22-23,30,43H,2-3,8-18H2,1H3/i12D2,16D2. The molecule has 2 saturated heterocycles. The Morgan fingerprint density at radius 1 is 1.02 bits per heavy atom. The van der Waals surface area contributed by atoms with E-state index in [1.807, 2.05) is 4.90 Å². The van der Waals surface area contributed by atoms with E-state index < -0.39 is 42.1 Å². The Morgan fingerprint density at radius 2 is 1.76 bits per heavy atom. The number of hydrogen-bond acceptors (Lipinski definition) is 8. The fourth-order valence-electron chi connectivity index (χ4n) is 7.07. The number of halogens is 2. The molecule has 0 saturated carbocycles. The number of carbonyl (C=O) groups excluding carboxylic acids is 1. The lowest BCUT2D eigenvalue weighted by Gasteiger charge is -2.35. The molecular formula is C35H39F2N5O4. The van der Waals surface area contributed by atoms with Crippen LogP contribution in [0, 0.1) is 24.5 Å². The second-order valence-electron chi connectivity index (χ2n) is 12.5. The summed E-state index contributed by atoms with van der Waals surface area (Å²) in [7, 11) is 0. The molecule has 1 unspecified atom stereocenters. The lowest BCUT2D eigenvalue weighted by molar-refractivity contribution is 0.0841. The smallest absolute Gasteiger partial charge is 0.257 e. The first-order valence-electron chi connectivity index (χ1n) is 18.0. The van der Waals surface area contributed by atoms with Gasteiger partial charge in [0.15, 0.2) is 11.4 Å². The number of aliphatic hydroxyl groups excluding tert-OH is 1. The van der Waals surface area contributed by atoms with Crippen molar-refractivity contribution in [1.29, 1.82) is 0 Å². The normalized spacial score (nSPS) is 21.8. The molecule has 4 aromatic rings. The van der Waals surface area contributed by atoms with E-state index in [2.05, 4.69) is 10.1 Å². The number of Topliss-reactive ketones (excluding diaryl/α,β-unsaturated/α-hetero) is 1. The quantitative estimate of drug-likeness (QED) is 0.272. The van der Waals surface area contributed by atoms with Gasteiger partial charge < -0.3 is 19.4 Å². The van der Waals surface area contributed by atoms with E-state index >= 15 is 0 Å². The number of likely N-dealkylation sites (tertiary alicyclic amines) is 1. The van der Waals surface area contributed by atoms with Crippen molar-refractivity contribution in [2.24, 2.45) is 5.92 Å². The molecule has 0 aliphatic carbocycles. The maximum atomic E-state index is 14.6. The Hall–Kier alpha value is -3.96. The van der Waals surface area contributed by atoms with Crippen molar-refractivity contribution in [3.05, 3.63) is 86.7 Å². The third kappa shape index (κ3) is 5.86. The zero-order valence-electron chi connectivity index (χ0n) is 29.6. The highest BCUT2D eigenvalue weighted by Crippen LogP contribution is 2.36. The Bertz CT molecular complexity index is 2000. The molecule has 7 rings (SSSR count). The van der Waals surface area contributed by atoms with E-state index in [-0.39, 0.29) is 61.3 Å². The predicted octanol–water partition coefficient (Wildman–Crippen LogP) is 5.32. The van der Waals surface area contributed by atoms with Gasteiger partial charge in [0.1, 0.15) is 23.6 Å². The Balaban J connectivity index is 1.05. The molecule has 9 nitrogen and oxygen atoms in total. The summed E-state index contributed by atoms with van der Waals surface area (Å²) in [5.41, 5.74) is 1.00. The highest BCUT2D eigenvalue weighted by molar-refractivity contribution is 6.03. The average molecular weight is 636 g/mol. The molecular weight excluding hydrogens is 592 g/mol. The molecule has 3 aliphatic heterocycles. The van der Waals surface area contributed by atoms with Crippen LogP contribution in [0.25, 0.3) is 11.0 Å². The summed E-state index contributed by atoms with van der Waals surface area (Å²) in [6.07, 6.45) is -0.884. The third-order valence-electron chi connectivity index (χ3n) is 9.65. The summed E-state index contributed by atoms with van der Waals surface area (Å²) in [4.78, 5) is 35.1. The summed E-state index contributed by atoms with van der Waals surface area (Å²) < 4.78 is 70.5. The SMILES string of the molecule is [2H]C([2H])(c1c(C)nc2n(c1=O)CCCC2O)C([2H])([2H])N1CCC(C(=O)c2ccc(F)cc2N2CCC(c3noc4cc(F)ccc34)CC2)CC1. The van der Waals surface area contributed by atoms with Crippen molar-refractivity contribution in [1.82, 2.24) is 19.6 Å². The minimum absolute atomic E-state index is 0.0405. The number of nitrogens with zero attached hydrogens (tertiary/aromatic N) is 5. The molecule has 0 bridgehead atoms. The number of ketones is 1. The van der Waals surface area contributed by atoms with Gasteiger partial charge in [-0.2, -0.15) is 0 Å². The lowest BCUT2D eigenvalue weighted by Crippen LogP contribution is -2.40. The molecule has 1 N–H and O–H groups in total. The molecule has 242 valence electrons. The van der Waals surface area contributed by atoms with Crippen LogP contribution in [-0.2, 0) is 12.9 Å². The molecule has 11 heteroatoms. The molecule has 2 aromatic carbocycles. The minimum Gasteiger partial charge on any atom is -0.385 e. The van der Waals surface area contributed by atoms with Crippen LogP contribution in [0.2, 0.25) is 0 Å². The van der Waals surface area contributed by atoms with E-state index in [0.29, 0.717) is 55.6 Å². The fraction of sp³-hybridized carbons (Fsp3) is 0.486. The molecule has 5 heterocycles. The number of rotatable bonds is 7. The molecule has 1 atom stereocenters. The molecule has 3 aliphatic rings. The van der Waals surface area contributed by atoms with Crippen LogP contribution < -0.4 is 10.5 Å². The van der Waals surface area contributed by atoms with Crippen LogP contribution in [0.1, 0.15) is 89.2 Å². The number of fused-ring (bicyclic) bond motifs is 2. The average Bonchev–Trinajstić information content (AvgIpc) is 3.51. The highest BCUT2D eigenvalue weighted by atomic mass is 19.1. The van der Waals surface area contributed by atoms with Gasteiger partial charge in [0, 0.05) is 71.7 Å². The number of hydrogen-bond donors (Lipinski definition) is 1. The number of carbonyl (C=O) groups is 1. The number of aryl methyl sites for hydroxylation is 1. The number of aliphatic hydroxyl groups is 1. The summed E-state index contributed by atoms with van der Waals surface area (Å²) in [6.45, 7) is 0.321. The third-order valence-corrected chi connectivity index (χ3v) is 9.65. The number of benzene rings is 2. The van der Waals surface area contributed by atoms with Crippen molar-refractivity contribution in [2.45, 2.75) is 70.4 Å². The van der Waals surface area contributed by atoms with Crippen molar-refractivity contribution >= 4 is 22.4 Å². The second-order valence-corrected chi connectivity index (χ2v) is 12.5. The summed E-state index contributed by atoms with van der Waals surface area (Å²) >= 11 is 0. The maximum absolute atomic E-state index is 14.6. The summed E-state index contributed by atoms with van der Waals surface area (Å²) in [6, 6.07) is 8.48. The van der Waals surface area contributed by atoms with Gasteiger partial charge in [0.25, 0.3) is 5.56 Å². The van der Waals surface area contributed by atoms with Gasteiger partial charge in [-0.15, -0.1) is 0 Å². The summed E-state index contributed by atoms with van der Waals surface area (Å²) in [5.74, 6) is -1.32. The van der Waals surface area contributed by atoms with Gasteiger partial charge in [0.05, 0.1) is 11.4 Å². The molecule has 46 heavy (non-hydrogen) atoms. The van der Waals surface area contributed by atoms with Crippen molar-refractivity contribution in [2.75, 3.05) is 37.6 Å². The molecule has 0 amide bonds. The first kappa shape index (κ1) is 26.1. The van der Waals surface area contributed by atoms with E-state index in [1.165, 1.54) is 46.7 Å². The van der Waals surface area contributed by atoms with Crippen molar-refractivity contribution in [3.63, 3.8) is 0 Å².